The van der Waals surface area contributed by atoms with E-state index < -0.39 is 0 Å². The van der Waals surface area contributed by atoms with Gasteiger partial charge in [0.1, 0.15) is 5.76 Å². The Morgan fingerprint density at radius 1 is 1.42 bits per heavy atom. The number of halogens is 1. The number of nitrogens with zero attached hydrogens (tertiary/aromatic N) is 1. The molecule has 0 saturated carbocycles. The van der Waals surface area contributed by atoms with E-state index in [2.05, 4.69) is 36.4 Å². The summed E-state index contributed by atoms with van der Waals surface area (Å²) in [7, 11) is 0. The van der Waals surface area contributed by atoms with Crippen LogP contribution in [0.3, 0.4) is 0 Å². The van der Waals surface area contributed by atoms with Gasteiger partial charge in [0.05, 0.1) is 6.26 Å². The normalized spacial score (nSPS) is 12.7. The highest BCUT2D eigenvalue weighted by molar-refractivity contribution is 14.0. The first-order valence-electron chi connectivity index (χ1n) is 6.83. The van der Waals surface area contributed by atoms with Crippen LogP contribution in [0.4, 0.5) is 0 Å². The average Bonchev–Trinajstić information content (AvgIpc) is 2.88. The van der Waals surface area contributed by atoms with E-state index in [1.54, 1.807) is 6.26 Å². The minimum Gasteiger partial charge on any atom is -0.469 e. The third-order valence-electron chi connectivity index (χ3n) is 2.73. The highest BCUT2D eigenvalue weighted by atomic mass is 127. The van der Waals surface area contributed by atoms with Crippen LogP contribution >= 0.6 is 24.0 Å². The fraction of sp³-hybridized carbons (Fsp3) is 0.643. The first kappa shape index (κ1) is 18.3. The summed E-state index contributed by atoms with van der Waals surface area (Å²) in [6.45, 7) is 8.15. The molecule has 4 nitrogen and oxygen atoms in total. The van der Waals surface area contributed by atoms with Crippen molar-refractivity contribution < 1.29 is 4.42 Å². The molecule has 1 unspecified atom stereocenters. The van der Waals surface area contributed by atoms with Gasteiger partial charge in [0.15, 0.2) is 5.96 Å². The van der Waals surface area contributed by atoms with Gasteiger partial charge in [0, 0.05) is 25.6 Å². The standard InChI is InChI=1S/C14H25N3O.HI/c1-4-9-15-14(17-12(3)5-2)16-10-8-13-7-6-11-18-13;/h6-7,11-12H,4-5,8-10H2,1-3H3,(H2,15,16,17);1H. The van der Waals surface area contributed by atoms with E-state index in [9.17, 15) is 0 Å². The third-order valence-corrected chi connectivity index (χ3v) is 2.73. The maximum absolute atomic E-state index is 5.30. The molecule has 0 aliphatic carbocycles. The monoisotopic (exact) mass is 379 g/mol. The lowest BCUT2D eigenvalue weighted by Crippen LogP contribution is -2.42. The predicted octanol–water partition coefficient (Wildman–Crippen LogP) is 3.18. The molecular weight excluding hydrogens is 353 g/mol. The Bertz CT molecular complexity index is 338. The van der Waals surface area contributed by atoms with E-state index in [1.807, 2.05) is 12.1 Å². The van der Waals surface area contributed by atoms with Gasteiger partial charge in [-0.05, 0) is 31.9 Å². The molecule has 1 aromatic heterocycles. The Kier molecular flexibility index (Phi) is 10.7. The van der Waals surface area contributed by atoms with Crippen molar-refractivity contribution in [1.29, 1.82) is 0 Å². The number of guanidine groups is 1. The van der Waals surface area contributed by atoms with Crippen LogP contribution in [-0.4, -0.2) is 25.1 Å². The molecular formula is C14H26IN3O. The molecule has 1 rings (SSSR count). The first-order valence-corrected chi connectivity index (χ1v) is 6.83. The number of hydrogen-bond acceptors (Lipinski definition) is 2. The molecule has 0 radical (unpaired) electrons. The molecule has 110 valence electrons. The number of furan rings is 1. The molecule has 0 saturated heterocycles. The van der Waals surface area contributed by atoms with Crippen molar-refractivity contribution in [3.05, 3.63) is 24.2 Å². The Morgan fingerprint density at radius 3 is 2.79 bits per heavy atom. The van der Waals surface area contributed by atoms with Crippen LogP contribution in [0.5, 0.6) is 0 Å². The molecule has 0 aromatic carbocycles. The molecule has 19 heavy (non-hydrogen) atoms. The molecule has 1 aromatic rings. The van der Waals surface area contributed by atoms with E-state index in [-0.39, 0.29) is 24.0 Å². The highest BCUT2D eigenvalue weighted by Gasteiger charge is 2.03. The second-order valence-corrected chi connectivity index (χ2v) is 4.44. The summed E-state index contributed by atoms with van der Waals surface area (Å²) in [6, 6.07) is 4.35. The highest BCUT2D eigenvalue weighted by Crippen LogP contribution is 1.99. The fourth-order valence-electron chi connectivity index (χ4n) is 1.47. The van der Waals surface area contributed by atoms with Crippen LogP contribution in [0, 0.1) is 0 Å². The Morgan fingerprint density at radius 2 is 2.21 bits per heavy atom. The zero-order valence-electron chi connectivity index (χ0n) is 12.1. The van der Waals surface area contributed by atoms with Gasteiger partial charge in [-0.15, -0.1) is 24.0 Å². The quantitative estimate of drug-likeness (QED) is 0.435. The minimum absolute atomic E-state index is 0. The molecule has 0 fully saturated rings. The van der Waals surface area contributed by atoms with E-state index in [0.717, 1.165) is 44.1 Å². The summed E-state index contributed by atoms with van der Waals surface area (Å²) in [6.07, 6.45) is 4.73. The number of nitrogens with one attached hydrogen (secondary N) is 2. The SMILES string of the molecule is CCCN=C(NCCc1ccco1)NC(C)CC.I. The zero-order valence-corrected chi connectivity index (χ0v) is 14.4. The molecule has 0 spiro atoms. The average molecular weight is 379 g/mol. The van der Waals surface area contributed by atoms with Crippen LogP contribution in [-0.2, 0) is 6.42 Å². The topological polar surface area (TPSA) is 49.6 Å². The van der Waals surface area contributed by atoms with Gasteiger partial charge in [-0.3, -0.25) is 4.99 Å². The van der Waals surface area contributed by atoms with Gasteiger partial charge in [0.2, 0.25) is 0 Å². The van der Waals surface area contributed by atoms with E-state index in [1.165, 1.54) is 0 Å². The molecule has 0 amide bonds. The van der Waals surface area contributed by atoms with Gasteiger partial charge in [-0.1, -0.05) is 13.8 Å². The van der Waals surface area contributed by atoms with Gasteiger partial charge in [-0.2, -0.15) is 0 Å². The van der Waals surface area contributed by atoms with E-state index in [4.69, 9.17) is 4.42 Å². The number of aliphatic imine (C=N–C) groups is 1. The van der Waals surface area contributed by atoms with Gasteiger partial charge in [0.25, 0.3) is 0 Å². The zero-order chi connectivity index (χ0) is 13.2. The first-order chi connectivity index (χ1) is 8.76. The lowest BCUT2D eigenvalue weighted by molar-refractivity contribution is 0.506. The van der Waals surface area contributed by atoms with Crippen LogP contribution in [0.1, 0.15) is 39.4 Å². The fourth-order valence-corrected chi connectivity index (χ4v) is 1.47. The van der Waals surface area contributed by atoms with Crippen LogP contribution in [0.25, 0.3) is 0 Å². The maximum atomic E-state index is 5.30. The van der Waals surface area contributed by atoms with Crippen molar-refractivity contribution in [1.82, 2.24) is 10.6 Å². The van der Waals surface area contributed by atoms with Crippen molar-refractivity contribution in [3.63, 3.8) is 0 Å². The summed E-state index contributed by atoms with van der Waals surface area (Å²) in [4.78, 5) is 4.51. The summed E-state index contributed by atoms with van der Waals surface area (Å²) in [5, 5.41) is 6.73. The van der Waals surface area contributed by atoms with Crippen molar-refractivity contribution in [2.45, 2.75) is 46.1 Å². The molecule has 5 heteroatoms. The Balaban J connectivity index is 0.00000324. The van der Waals surface area contributed by atoms with Crippen molar-refractivity contribution in [3.8, 4) is 0 Å². The maximum Gasteiger partial charge on any atom is 0.191 e. The van der Waals surface area contributed by atoms with Gasteiger partial charge >= 0.3 is 0 Å². The second-order valence-electron chi connectivity index (χ2n) is 4.44. The number of hydrogen-bond donors (Lipinski definition) is 2. The van der Waals surface area contributed by atoms with Crippen LogP contribution in [0.2, 0.25) is 0 Å². The summed E-state index contributed by atoms with van der Waals surface area (Å²) < 4.78 is 5.30. The van der Waals surface area contributed by atoms with Crippen LogP contribution in [0.15, 0.2) is 27.8 Å². The van der Waals surface area contributed by atoms with E-state index in [0.29, 0.717) is 6.04 Å². The summed E-state index contributed by atoms with van der Waals surface area (Å²) in [5.74, 6) is 1.90. The van der Waals surface area contributed by atoms with E-state index >= 15 is 0 Å². The third kappa shape index (κ3) is 8.13. The number of rotatable bonds is 7. The van der Waals surface area contributed by atoms with Crippen molar-refractivity contribution in [2.24, 2.45) is 4.99 Å². The molecule has 1 heterocycles. The van der Waals surface area contributed by atoms with Crippen LogP contribution < -0.4 is 10.6 Å². The van der Waals surface area contributed by atoms with Gasteiger partial charge in [-0.25, -0.2) is 0 Å². The smallest absolute Gasteiger partial charge is 0.191 e. The second kappa shape index (κ2) is 11.1. The van der Waals surface area contributed by atoms with Crippen molar-refractivity contribution in [2.75, 3.05) is 13.1 Å². The van der Waals surface area contributed by atoms with Gasteiger partial charge < -0.3 is 15.1 Å². The summed E-state index contributed by atoms with van der Waals surface area (Å²) in [5.41, 5.74) is 0. The molecule has 0 bridgehead atoms. The van der Waals surface area contributed by atoms with Crippen molar-refractivity contribution >= 4 is 29.9 Å². The lowest BCUT2D eigenvalue weighted by Gasteiger charge is -2.16. The Labute approximate surface area is 133 Å². The predicted molar refractivity (Wildman–Crippen MR) is 91.3 cm³/mol. The molecule has 1 atom stereocenters. The largest absolute Gasteiger partial charge is 0.469 e. The lowest BCUT2D eigenvalue weighted by atomic mass is 10.3. The Hall–Kier alpha value is -0.720. The summed E-state index contributed by atoms with van der Waals surface area (Å²) >= 11 is 0. The minimum atomic E-state index is 0. The molecule has 0 aliphatic heterocycles. The molecule has 0 aliphatic rings. The molecule has 2 N–H and O–H groups in total.